The molecule has 23 heavy (non-hydrogen) atoms. The molecule has 122 valence electrons. The summed E-state index contributed by atoms with van der Waals surface area (Å²) >= 11 is 0. The molecule has 0 fully saturated rings. The first-order valence-electron chi connectivity index (χ1n) is 8.46. The molecule has 0 spiro atoms. The number of benzene rings is 2. The predicted molar refractivity (Wildman–Crippen MR) is 95.3 cm³/mol. The zero-order chi connectivity index (χ0) is 16.5. The second-order valence-electron chi connectivity index (χ2n) is 5.96. The van der Waals surface area contributed by atoms with Crippen molar-refractivity contribution in [3.05, 3.63) is 65.7 Å². The number of Topliss-reactive ketones (excluding diaryl/α,β-unsaturated/α-hetero) is 1. The summed E-state index contributed by atoms with van der Waals surface area (Å²) in [6.07, 6.45) is 5.15. The third-order valence-corrected chi connectivity index (χ3v) is 4.25. The Balaban J connectivity index is 2.14. The van der Waals surface area contributed by atoms with Gasteiger partial charge in [0.25, 0.3) is 0 Å². The molecule has 0 radical (unpaired) electrons. The van der Waals surface area contributed by atoms with Gasteiger partial charge in [0.05, 0.1) is 7.11 Å². The van der Waals surface area contributed by atoms with Crippen LogP contribution >= 0.6 is 0 Å². The van der Waals surface area contributed by atoms with Gasteiger partial charge in [0.2, 0.25) is 0 Å². The Morgan fingerprint density at radius 3 is 2.52 bits per heavy atom. The van der Waals surface area contributed by atoms with Gasteiger partial charge in [0, 0.05) is 12.0 Å². The van der Waals surface area contributed by atoms with Crippen molar-refractivity contribution in [2.24, 2.45) is 0 Å². The van der Waals surface area contributed by atoms with Crippen LogP contribution < -0.4 is 4.74 Å². The average Bonchev–Trinajstić information content (AvgIpc) is 2.61. The lowest BCUT2D eigenvalue weighted by Gasteiger charge is -2.17. The number of hydrogen-bond donors (Lipinski definition) is 0. The van der Waals surface area contributed by atoms with E-state index in [1.54, 1.807) is 7.11 Å². The summed E-state index contributed by atoms with van der Waals surface area (Å²) in [5, 5.41) is 0. The lowest BCUT2D eigenvalue weighted by Crippen LogP contribution is -2.08. The van der Waals surface area contributed by atoms with Crippen LogP contribution in [0, 0.1) is 0 Å². The molecule has 0 amide bonds. The van der Waals surface area contributed by atoms with Gasteiger partial charge in [-0.3, -0.25) is 4.79 Å². The van der Waals surface area contributed by atoms with Crippen molar-refractivity contribution in [3.8, 4) is 5.75 Å². The van der Waals surface area contributed by atoms with Crippen LogP contribution in [-0.4, -0.2) is 12.9 Å². The topological polar surface area (TPSA) is 26.3 Å². The Morgan fingerprint density at radius 2 is 1.83 bits per heavy atom. The Hall–Kier alpha value is -2.09. The lowest BCUT2D eigenvalue weighted by molar-refractivity contribution is 0.0972. The van der Waals surface area contributed by atoms with Crippen LogP contribution in [0.2, 0.25) is 0 Å². The standard InChI is InChI=1S/C21H26O2/c1-3-4-6-12-19(18-13-9-14-20(15-18)23-2)16-21(22)17-10-7-5-8-11-17/h5,7-11,13-15,19H,3-4,6,12,16H2,1-2H3. The maximum absolute atomic E-state index is 12.6. The Kier molecular flexibility index (Phi) is 6.86. The highest BCUT2D eigenvalue weighted by molar-refractivity contribution is 5.96. The highest BCUT2D eigenvalue weighted by atomic mass is 16.5. The lowest BCUT2D eigenvalue weighted by atomic mass is 9.87. The number of carbonyl (C=O) groups excluding carboxylic acids is 1. The molecule has 0 saturated carbocycles. The summed E-state index contributed by atoms with van der Waals surface area (Å²) in [4.78, 5) is 12.6. The number of rotatable bonds is 9. The summed E-state index contributed by atoms with van der Waals surface area (Å²) in [6, 6.07) is 17.7. The smallest absolute Gasteiger partial charge is 0.163 e. The van der Waals surface area contributed by atoms with Crippen molar-refractivity contribution in [2.75, 3.05) is 7.11 Å². The van der Waals surface area contributed by atoms with Crippen molar-refractivity contribution in [2.45, 2.75) is 44.9 Å². The van der Waals surface area contributed by atoms with Gasteiger partial charge in [-0.1, -0.05) is 68.7 Å². The second kappa shape index (κ2) is 9.14. The van der Waals surface area contributed by atoms with Gasteiger partial charge in [-0.25, -0.2) is 0 Å². The molecule has 2 nitrogen and oxygen atoms in total. The largest absolute Gasteiger partial charge is 0.497 e. The average molecular weight is 310 g/mol. The number of ketones is 1. The van der Waals surface area contributed by atoms with Gasteiger partial charge in [-0.2, -0.15) is 0 Å². The molecule has 2 rings (SSSR count). The number of methoxy groups -OCH3 is 1. The van der Waals surface area contributed by atoms with Crippen LogP contribution in [0.25, 0.3) is 0 Å². The first-order valence-corrected chi connectivity index (χ1v) is 8.46. The molecule has 1 unspecified atom stereocenters. The number of ether oxygens (including phenoxy) is 1. The van der Waals surface area contributed by atoms with Crippen molar-refractivity contribution in [1.82, 2.24) is 0 Å². The van der Waals surface area contributed by atoms with E-state index < -0.39 is 0 Å². The van der Waals surface area contributed by atoms with Gasteiger partial charge in [-0.05, 0) is 30.0 Å². The molecule has 1 atom stereocenters. The highest BCUT2D eigenvalue weighted by Gasteiger charge is 2.17. The van der Waals surface area contributed by atoms with Crippen molar-refractivity contribution in [1.29, 1.82) is 0 Å². The van der Waals surface area contributed by atoms with E-state index in [0.29, 0.717) is 6.42 Å². The Bertz CT molecular complexity index is 604. The van der Waals surface area contributed by atoms with E-state index >= 15 is 0 Å². The molecule has 0 aliphatic carbocycles. The SMILES string of the molecule is CCCCCC(CC(=O)c1ccccc1)c1cccc(OC)c1. The summed E-state index contributed by atoms with van der Waals surface area (Å²) in [5.41, 5.74) is 2.00. The first-order chi connectivity index (χ1) is 11.2. The van der Waals surface area contributed by atoms with Crippen LogP contribution in [-0.2, 0) is 0 Å². The fourth-order valence-corrected chi connectivity index (χ4v) is 2.89. The predicted octanol–water partition coefficient (Wildman–Crippen LogP) is 5.63. The molecule has 2 aromatic carbocycles. The maximum Gasteiger partial charge on any atom is 0.163 e. The van der Waals surface area contributed by atoms with E-state index in [9.17, 15) is 4.79 Å². The molecule has 0 heterocycles. The minimum atomic E-state index is 0.218. The summed E-state index contributed by atoms with van der Waals surface area (Å²) < 4.78 is 5.34. The van der Waals surface area contributed by atoms with Gasteiger partial charge in [0.15, 0.2) is 5.78 Å². The molecule has 0 saturated heterocycles. The molecular weight excluding hydrogens is 284 g/mol. The number of carbonyl (C=O) groups is 1. The third kappa shape index (κ3) is 5.24. The molecule has 0 bridgehead atoms. The molecule has 0 N–H and O–H groups in total. The molecule has 2 aromatic rings. The Labute approximate surface area is 139 Å². The van der Waals surface area contributed by atoms with E-state index in [4.69, 9.17) is 4.74 Å². The normalized spacial score (nSPS) is 11.9. The van der Waals surface area contributed by atoms with Gasteiger partial charge >= 0.3 is 0 Å². The minimum Gasteiger partial charge on any atom is -0.497 e. The number of unbranched alkanes of at least 4 members (excludes halogenated alkanes) is 2. The van der Waals surface area contributed by atoms with Gasteiger partial charge < -0.3 is 4.74 Å². The summed E-state index contributed by atoms with van der Waals surface area (Å²) in [5.74, 6) is 1.33. The van der Waals surface area contributed by atoms with E-state index in [1.165, 1.54) is 18.4 Å². The molecule has 0 aliphatic rings. The van der Waals surface area contributed by atoms with Crippen LogP contribution in [0.1, 0.15) is 60.9 Å². The highest BCUT2D eigenvalue weighted by Crippen LogP contribution is 2.29. The zero-order valence-corrected chi connectivity index (χ0v) is 14.1. The van der Waals surface area contributed by atoms with Gasteiger partial charge in [-0.15, -0.1) is 0 Å². The molecule has 0 aromatic heterocycles. The Morgan fingerprint density at radius 1 is 1.04 bits per heavy atom. The van der Waals surface area contributed by atoms with Gasteiger partial charge in [0.1, 0.15) is 5.75 Å². The van der Waals surface area contributed by atoms with E-state index in [-0.39, 0.29) is 11.7 Å². The zero-order valence-electron chi connectivity index (χ0n) is 14.1. The summed E-state index contributed by atoms with van der Waals surface area (Å²) in [7, 11) is 1.68. The van der Waals surface area contributed by atoms with Crippen LogP contribution in [0.5, 0.6) is 5.75 Å². The van der Waals surface area contributed by atoms with Crippen LogP contribution in [0.3, 0.4) is 0 Å². The minimum absolute atomic E-state index is 0.218. The molecule has 0 aliphatic heterocycles. The molecular formula is C21H26O2. The van der Waals surface area contributed by atoms with Crippen LogP contribution in [0.15, 0.2) is 54.6 Å². The van der Waals surface area contributed by atoms with Crippen molar-refractivity contribution >= 4 is 5.78 Å². The third-order valence-electron chi connectivity index (χ3n) is 4.25. The fourth-order valence-electron chi connectivity index (χ4n) is 2.89. The van der Waals surface area contributed by atoms with Crippen LogP contribution in [0.4, 0.5) is 0 Å². The molecule has 2 heteroatoms. The summed E-state index contributed by atoms with van der Waals surface area (Å²) in [6.45, 7) is 2.20. The number of hydrogen-bond acceptors (Lipinski definition) is 2. The van der Waals surface area contributed by atoms with E-state index in [0.717, 1.165) is 24.2 Å². The van der Waals surface area contributed by atoms with Crippen molar-refractivity contribution in [3.63, 3.8) is 0 Å². The fraction of sp³-hybridized carbons (Fsp3) is 0.381. The van der Waals surface area contributed by atoms with E-state index in [2.05, 4.69) is 19.1 Å². The maximum atomic E-state index is 12.6. The second-order valence-corrected chi connectivity index (χ2v) is 5.96. The monoisotopic (exact) mass is 310 g/mol. The van der Waals surface area contributed by atoms with E-state index in [1.807, 2.05) is 42.5 Å². The first kappa shape index (κ1) is 17.3. The quantitative estimate of drug-likeness (QED) is 0.443. The van der Waals surface area contributed by atoms with Crippen molar-refractivity contribution < 1.29 is 9.53 Å².